The van der Waals surface area contributed by atoms with Crippen molar-refractivity contribution < 1.29 is 9.59 Å². The van der Waals surface area contributed by atoms with Crippen LogP contribution in [0.4, 0.5) is 5.69 Å². The summed E-state index contributed by atoms with van der Waals surface area (Å²) < 4.78 is 0. The second-order valence-electron chi connectivity index (χ2n) is 6.96. The second-order valence-corrected chi connectivity index (χ2v) is 8.10. The number of H-pyrrole nitrogens is 1. The molecule has 3 aromatic rings. The maximum atomic E-state index is 13.1. The summed E-state index contributed by atoms with van der Waals surface area (Å²) in [6.07, 6.45) is 1.32. The van der Waals surface area contributed by atoms with Gasteiger partial charge >= 0.3 is 0 Å². The number of anilines is 1. The number of thioether (sulfide) groups is 1. The molecule has 2 aliphatic rings. The van der Waals surface area contributed by atoms with E-state index in [4.69, 9.17) is 0 Å². The van der Waals surface area contributed by atoms with Gasteiger partial charge in [0.2, 0.25) is 5.91 Å². The molecule has 6 heteroatoms. The van der Waals surface area contributed by atoms with E-state index < -0.39 is 0 Å². The van der Waals surface area contributed by atoms with E-state index in [1.54, 1.807) is 11.8 Å². The zero-order valence-corrected chi connectivity index (χ0v) is 15.6. The Morgan fingerprint density at radius 3 is 2.93 bits per heavy atom. The van der Waals surface area contributed by atoms with E-state index in [1.807, 2.05) is 35.2 Å². The molecule has 27 heavy (non-hydrogen) atoms. The van der Waals surface area contributed by atoms with Gasteiger partial charge in [-0.25, -0.2) is 0 Å². The van der Waals surface area contributed by atoms with Crippen molar-refractivity contribution in [3.05, 3.63) is 59.3 Å². The molecule has 2 amide bonds. The van der Waals surface area contributed by atoms with Gasteiger partial charge in [0.15, 0.2) is 0 Å². The normalized spacial score (nSPS) is 16.4. The lowest BCUT2D eigenvalue weighted by Gasteiger charge is -2.27. The number of para-hydroxylation sites is 1. The van der Waals surface area contributed by atoms with Crippen LogP contribution in [-0.2, 0) is 17.8 Å². The van der Waals surface area contributed by atoms with Crippen LogP contribution in [0.15, 0.2) is 47.4 Å². The fourth-order valence-electron chi connectivity index (χ4n) is 3.88. The van der Waals surface area contributed by atoms with Crippen LogP contribution in [0.5, 0.6) is 0 Å². The highest BCUT2D eigenvalue weighted by Gasteiger charge is 2.25. The highest BCUT2D eigenvalue weighted by molar-refractivity contribution is 7.99. The van der Waals surface area contributed by atoms with Crippen molar-refractivity contribution >= 4 is 40.2 Å². The Bertz CT molecular complexity index is 1070. The van der Waals surface area contributed by atoms with Crippen molar-refractivity contribution in [2.45, 2.75) is 24.3 Å². The maximum Gasteiger partial charge on any atom is 0.254 e. The van der Waals surface area contributed by atoms with Gasteiger partial charge in [0.05, 0.1) is 5.69 Å². The fourth-order valence-corrected chi connectivity index (χ4v) is 4.81. The van der Waals surface area contributed by atoms with Gasteiger partial charge in [-0.05, 0) is 24.3 Å². The van der Waals surface area contributed by atoms with Crippen LogP contribution in [0.3, 0.4) is 0 Å². The summed E-state index contributed by atoms with van der Waals surface area (Å²) in [5.74, 6) is 0.784. The van der Waals surface area contributed by atoms with E-state index in [1.165, 1.54) is 16.6 Å². The molecule has 5 rings (SSSR count). The maximum absolute atomic E-state index is 13.1. The van der Waals surface area contributed by atoms with Gasteiger partial charge < -0.3 is 15.2 Å². The summed E-state index contributed by atoms with van der Waals surface area (Å²) >= 11 is 1.65. The first-order chi connectivity index (χ1) is 13.2. The minimum Gasteiger partial charge on any atom is -0.358 e. The molecule has 0 saturated heterocycles. The molecule has 2 aliphatic heterocycles. The number of hydrogen-bond acceptors (Lipinski definition) is 3. The number of nitrogens with one attached hydrogen (secondary N) is 2. The van der Waals surface area contributed by atoms with Crippen LogP contribution in [0.2, 0.25) is 0 Å². The van der Waals surface area contributed by atoms with E-state index in [0.717, 1.165) is 28.3 Å². The zero-order valence-electron chi connectivity index (χ0n) is 14.7. The van der Waals surface area contributed by atoms with Gasteiger partial charge in [-0.2, -0.15) is 0 Å². The van der Waals surface area contributed by atoms with Crippen LogP contribution in [0, 0.1) is 0 Å². The highest BCUT2D eigenvalue weighted by atomic mass is 32.2. The van der Waals surface area contributed by atoms with Gasteiger partial charge in [-0.1, -0.05) is 18.2 Å². The van der Waals surface area contributed by atoms with Crippen LogP contribution in [-0.4, -0.2) is 34.0 Å². The van der Waals surface area contributed by atoms with E-state index in [9.17, 15) is 9.59 Å². The third kappa shape index (κ3) is 2.90. The van der Waals surface area contributed by atoms with E-state index in [0.29, 0.717) is 25.1 Å². The van der Waals surface area contributed by atoms with Crippen molar-refractivity contribution in [1.82, 2.24) is 9.88 Å². The monoisotopic (exact) mass is 377 g/mol. The number of rotatable bonds is 1. The number of carbonyl (C=O) groups is 2. The molecular formula is C21H19N3O2S. The summed E-state index contributed by atoms with van der Waals surface area (Å²) in [6.45, 7) is 1.30. The lowest BCUT2D eigenvalue weighted by atomic mass is 10.0. The lowest BCUT2D eigenvalue weighted by Crippen LogP contribution is -2.35. The predicted molar refractivity (Wildman–Crippen MR) is 107 cm³/mol. The van der Waals surface area contributed by atoms with Gasteiger partial charge in [0, 0.05) is 64.3 Å². The first kappa shape index (κ1) is 16.4. The number of nitrogens with zero attached hydrogens (tertiary/aromatic N) is 1. The third-order valence-corrected chi connectivity index (χ3v) is 6.33. The molecule has 0 saturated carbocycles. The Balaban J connectivity index is 1.44. The molecule has 0 bridgehead atoms. The molecule has 2 aromatic carbocycles. The van der Waals surface area contributed by atoms with Crippen molar-refractivity contribution in [2.75, 3.05) is 17.6 Å². The predicted octanol–water partition coefficient (Wildman–Crippen LogP) is 3.80. The number of amides is 2. The second kappa shape index (κ2) is 6.46. The summed E-state index contributed by atoms with van der Waals surface area (Å²) in [5.41, 5.74) is 4.94. The number of carbonyl (C=O) groups excluding carboxylic acids is 2. The highest BCUT2D eigenvalue weighted by Crippen LogP contribution is 2.33. The molecule has 0 spiro atoms. The van der Waals surface area contributed by atoms with Crippen molar-refractivity contribution in [3.8, 4) is 0 Å². The quantitative estimate of drug-likeness (QED) is 0.678. The molecule has 1 aromatic heterocycles. The average Bonchev–Trinajstić information content (AvgIpc) is 2.95. The van der Waals surface area contributed by atoms with E-state index >= 15 is 0 Å². The minimum absolute atomic E-state index is 0.00672. The SMILES string of the molecule is O=C1CCSc2ccc(C(=O)N3CCc4[nH]c5ccccc5c4C3)cc2N1. The molecule has 0 atom stereocenters. The molecule has 0 fully saturated rings. The van der Waals surface area contributed by atoms with Crippen LogP contribution >= 0.6 is 11.8 Å². The van der Waals surface area contributed by atoms with Gasteiger partial charge in [-0.15, -0.1) is 11.8 Å². The first-order valence-electron chi connectivity index (χ1n) is 9.13. The minimum atomic E-state index is 0.00672. The third-order valence-electron chi connectivity index (χ3n) is 5.26. The Morgan fingerprint density at radius 2 is 2.00 bits per heavy atom. The van der Waals surface area contributed by atoms with Crippen molar-refractivity contribution in [3.63, 3.8) is 0 Å². The number of fused-ring (bicyclic) bond motifs is 4. The summed E-state index contributed by atoms with van der Waals surface area (Å²) in [7, 11) is 0. The Labute approximate surface area is 161 Å². The molecular weight excluding hydrogens is 358 g/mol. The Kier molecular flexibility index (Phi) is 3.93. The van der Waals surface area contributed by atoms with Gasteiger partial charge in [0.1, 0.15) is 0 Å². The number of hydrogen-bond donors (Lipinski definition) is 2. The van der Waals surface area contributed by atoms with Crippen LogP contribution in [0.1, 0.15) is 28.0 Å². The summed E-state index contributed by atoms with van der Waals surface area (Å²) in [6, 6.07) is 13.9. The molecule has 5 nitrogen and oxygen atoms in total. The van der Waals surface area contributed by atoms with Crippen LogP contribution in [0.25, 0.3) is 10.9 Å². The fraction of sp³-hybridized carbons (Fsp3) is 0.238. The molecule has 136 valence electrons. The molecule has 2 N–H and O–H groups in total. The topological polar surface area (TPSA) is 65.2 Å². The summed E-state index contributed by atoms with van der Waals surface area (Å²) in [5, 5.41) is 4.11. The smallest absolute Gasteiger partial charge is 0.254 e. The molecule has 0 radical (unpaired) electrons. The van der Waals surface area contributed by atoms with E-state index in [-0.39, 0.29) is 11.8 Å². The van der Waals surface area contributed by atoms with E-state index in [2.05, 4.69) is 22.4 Å². The van der Waals surface area contributed by atoms with Gasteiger partial charge in [0.25, 0.3) is 5.91 Å². The standard InChI is InChI=1S/C21H19N3O2S/c25-20-8-10-27-19-6-5-13(11-18(19)23-20)21(26)24-9-7-17-15(12-24)14-3-1-2-4-16(14)22-17/h1-6,11,22H,7-10,12H2,(H,23,25). The zero-order chi connectivity index (χ0) is 18.4. The first-order valence-corrected chi connectivity index (χ1v) is 10.1. The molecule has 0 aliphatic carbocycles. The number of aromatic amines is 1. The molecule has 0 unspecified atom stereocenters. The summed E-state index contributed by atoms with van der Waals surface area (Å²) in [4.78, 5) is 31.4. The number of benzene rings is 2. The average molecular weight is 377 g/mol. The number of aromatic nitrogens is 1. The van der Waals surface area contributed by atoms with Crippen molar-refractivity contribution in [2.24, 2.45) is 0 Å². The van der Waals surface area contributed by atoms with Gasteiger partial charge in [-0.3, -0.25) is 9.59 Å². The molecule has 3 heterocycles. The largest absolute Gasteiger partial charge is 0.358 e. The van der Waals surface area contributed by atoms with Crippen LogP contribution < -0.4 is 5.32 Å². The Morgan fingerprint density at radius 1 is 1.11 bits per heavy atom. The lowest BCUT2D eigenvalue weighted by molar-refractivity contribution is -0.115. The Hall–Kier alpha value is -2.73. The van der Waals surface area contributed by atoms with Crippen molar-refractivity contribution in [1.29, 1.82) is 0 Å².